The Bertz CT molecular complexity index is 677. The number of hydrogen-bond acceptors (Lipinski definition) is 5. The summed E-state index contributed by atoms with van der Waals surface area (Å²) in [6, 6.07) is 7.87. The van der Waals surface area contributed by atoms with Crippen molar-refractivity contribution in [1.82, 2.24) is 15.2 Å². The topological polar surface area (TPSA) is 48.5 Å². The van der Waals surface area contributed by atoms with Crippen molar-refractivity contribution in [3.05, 3.63) is 45.8 Å². The fourth-order valence-corrected chi connectivity index (χ4v) is 3.39. The van der Waals surface area contributed by atoms with E-state index in [1.807, 2.05) is 31.3 Å². The number of nitrogens with one attached hydrogen (secondary N) is 1. The number of carbonyl (C=O) groups excluding carboxylic acids is 1. The van der Waals surface area contributed by atoms with Gasteiger partial charge in [0.25, 0.3) is 5.91 Å². The molecule has 3 rings (SSSR count). The van der Waals surface area contributed by atoms with Crippen molar-refractivity contribution in [2.24, 2.45) is 0 Å². The molecule has 1 amide bonds. The van der Waals surface area contributed by atoms with Crippen molar-refractivity contribution in [2.45, 2.75) is 13.5 Å². The number of piperazine rings is 1. The van der Waals surface area contributed by atoms with E-state index < -0.39 is 0 Å². The molecular formula is C17H22N4OS. The number of nitrogens with zero attached hydrogens (tertiary/aromatic N) is 3. The van der Waals surface area contributed by atoms with Crippen LogP contribution in [0.15, 0.2) is 30.5 Å². The Morgan fingerprint density at radius 3 is 2.74 bits per heavy atom. The third-order valence-corrected chi connectivity index (χ3v) is 5.05. The van der Waals surface area contributed by atoms with Crippen LogP contribution in [0, 0.1) is 6.92 Å². The van der Waals surface area contributed by atoms with Crippen molar-refractivity contribution < 1.29 is 4.79 Å². The monoisotopic (exact) mass is 330 g/mol. The molecule has 5 nitrogen and oxygen atoms in total. The van der Waals surface area contributed by atoms with Crippen LogP contribution in [0.1, 0.15) is 20.1 Å². The van der Waals surface area contributed by atoms with Crippen LogP contribution in [-0.4, -0.2) is 49.0 Å². The fourth-order valence-electron chi connectivity index (χ4n) is 2.61. The van der Waals surface area contributed by atoms with E-state index in [2.05, 4.69) is 33.2 Å². The Kier molecular flexibility index (Phi) is 4.93. The minimum atomic E-state index is -0.0129. The molecule has 0 unspecified atom stereocenters. The molecule has 6 heteroatoms. The molecule has 1 fully saturated rings. The van der Waals surface area contributed by atoms with Crippen molar-refractivity contribution in [2.75, 3.05) is 38.1 Å². The van der Waals surface area contributed by atoms with Crippen LogP contribution < -0.4 is 10.2 Å². The third-order valence-electron chi connectivity index (χ3n) is 4.05. The Hall–Kier alpha value is -1.92. The van der Waals surface area contributed by atoms with E-state index >= 15 is 0 Å². The molecule has 0 spiro atoms. The molecule has 2 aromatic rings. The van der Waals surface area contributed by atoms with Gasteiger partial charge in [-0.05, 0) is 43.8 Å². The van der Waals surface area contributed by atoms with Gasteiger partial charge in [-0.15, -0.1) is 11.3 Å². The number of rotatable bonds is 4. The molecule has 0 radical (unpaired) electrons. The molecular weight excluding hydrogens is 308 g/mol. The molecule has 3 heterocycles. The summed E-state index contributed by atoms with van der Waals surface area (Å²) < 4.78 is 0. The van der Waals surface area contributed by atoms with Crippen LogP contribution in [0.25, 0.3) is 0 Å². The molecule has 1 saturated heterocycles. The average molecular weight is 330 g/mol. The number of aryl methyl sites for hydroxylation is 1. The van der Waals surface area contributed by atoms with Gasteiger partial charge in [0.1, 0.15) is 5.82 Å². The molecule has 1 aliphatic rings. The smallest absolute Gasteiger partial charge is 0.261 e. The second-order valence-electron chi connectivity index (χ2n) is 5.91. The van der Waals surface area contributed by atoms with Gasteiger partial charge in [0.05, 0.1) is 4.88 Å². The van der Waals surface area contributed by atoms with Crippen molar-refractivity contribution in [3.8, 4) is 0 Å². The number of likely N-dealkylation sites (N-methyl/N-ethyl adjacent to an activating group) is 1. The minimum absolute atomic E-state index is 0.0129. The van der Waals surface area contributed by atoms with Crippen LogP contribution >= 0.6 is 11.3 Å². The van der Waals surface area contributed by atoms with Crippen LogP contribution in [0.4, 0.5) is 5.82 Å². The van der Waals surface area contributed by atoms with E-state index in [4.69, 9.17) is 0 Å². The van der Waals surface area contributed by atoms with Gasteiger partial charge in [-0.3, -0.25) is 4.79 Å². The number of pyridine rings is 1. The predicted molar refractivity (Wildman–Crippen MR) is 94.2 cm³/mol. The summed E-state index contributed by atoms with van der Waals surface area (Å²) in [5.41, 5.74) is 1.08. The van der Waals surface area contributed by atoms with Crippen LogP contribution in [-0.2, 0) is 6.54 Å². The molecule has 23 heavy (non-hydrogen) atoms. The zero-order valence-electron chi connectivity index (χ0n) is 13.6. The van der Waals surface area contributed by atoms with Gasteiger partial charge in [0.15, 0.2) is 0 Å². The molecule has 122 valence electrons. The summed E-state index contributed by atoms with van der Waals surface area (Å²) in [6.45, 7) is 6.63. The first-order valence-electron chi connectivity index (χ1n) is 7.85. The number of aromatic nitrogens is 1. The molecule has 0 atom stereocenters. The first-order valence-corrected chi connectivity index (χ1v) is 8.66. The molecule has 2 aromatic heterocycles. The predicted octanol–water partition coefficient (Wildman–Crippen LogP) is 2.13. The Labute approximate surface area is 140 Å². The fraction of sp³-hybridized carbons (Fsp3) is 0.412. The molecule has 0 saturated carbocycles. The number of hydrogen-bond donors (Lipinski definition) is 1. The van der Waals surface area contributed by atoms with E-state index in [9.17, 15) is 4.79 Å². The van der Waals surface area contributed by atoms with E-state index in [1.54, 1.807) is 0 Å². The second kappa shape index (κ2) is 7.10. The zero-order valence-corrected chi connectivity index (χ0v) is 14.4. The van der Waals surface area contributed by atoms with Gasteiger partial charge in [-0.1, -0.05) is 0 Å². The highest BCUT2D eigenvalue weighted by atomic mass is 32.1. The van der Waals surface area contributed by atoms with E-state index in [0.29, 0.717) is 6.54 Å². The first-order chi connectivity index (χ1) is 11.1. The highest BCUT2D eigenvalue weighted by Gasteiger charge is 2.15. The Balaban J connectivity index is 1.60. The van der Waals surface area contributed by atoms with Crippen LogP contribution in [0.5, 0.6) is 0 Å². The van der Waals surface area contributed by atoms with Gasteiger partial charge in [0.2, 0.25) is 0 Å². The Morgan fingerprint density at radius 1 is 1.26 bits per heavy atom. The number of anilines is 1. The maximum Gasteiger partial charge on any atom is 0.261 e. The van der Waals surface area contributed by atoms with Crippen molar-refractivity contribution in [3.63, 3.8) is 0 Å². The maximum absolute atomic E-state index is 12.1. The third kappa shape index (κ3) is 4.09. The summed E-state index contributed by atoms with van der Waals surface area (Å²) in [5.74, 6) is 0.984. The molecule has 0 aliphatic carbocycles. The molecule has 0 aromatic carbocycles. The van der Waals surface area contributed by atoms with Gasteiger partial charge in [-0.2, -0.15) is 0 Å². The molecule has 1 aliphatic heterocycles. The largest absolute Gasteiger partial charge is 0.354 e. The Morgan fingerprint density at radius 2 is 2.04 bits per heavy atom. The number of amides is 1. The average Bonchev–Trinajstić information content (AvgIpc) is 3.00. The lowest BCUT2D eigenvalue weighted by Gasteiger charge is -2.33. The first kappa shape index (κ1) is 16.0. The number of carbonyl (C=O) groups is 1. The van der Waals surface area contributed by atoms with Crippen molar-refractivity contribution >= 4 is 23.1 Å². The van der Waals surface area contributed by atoms with Crippen LogP contribution in [0.2, 0.25) is 0 Å². The summed E-state index contributed by atoms with van der Waals surface area (Å²) >= 11 is 1.52. The maximum atomic E-state index is 12.1. The van der Waals surface area contributed by atoms with Crippen LogP contribution in [0.3, 0.4) is 0 Å². The zero-order chi connectivity index (χ0) is 16.2. The molecule has 0 bridgehead atoms. The normalized spacial score (nSPS) is 15.7. The van der Waals surface area contributed by atoms with E-state index in [-0.39, 0.29) is 5.91 Å². The summed E-state index contributed by atoms with van der Waals surface area (Å²) in [4.78, 5) is 23.1. The lowest BCUT2D eigenvalue weighted by Crippen LogP contribution is -2.44. The summed E-state index contributed by atoms with van der Waals surface area (Å²) in [5, 5.41) is 2.98. The number of thiophene rings is 1. The van der Waals surface area contributed by atoms with E-state index in [0.717, 1.165) is 47.3 Å². The van der Waals surface area contributed by atoms with Gasteiger partial charge in [-0.25, -0.2) is 4.98 Å². The van der Waals surface area contributed by atoms with Gasteiger partial charge < -0.3 is 15.1 Å². The van der Waals surface area contributed by atoms with Gasteiger partial charge >= 0.3 is 0 Å². The standard InChI is InChI=1S/C17H22N4OS/c1-13-3-4-15(23-13)17(22)19-12-14-5-6-18-16(11-14)21-9-7-20(2)8-10-21/h3-6,11H,7-10,12H2,1-2H3,(H,19,22). The highest BCUT2D eigenvalue weighted by Crippen LogP contribution is 2.16. The quantitative estimate of drug-likeness (QED) is 0.933. The lowest BCUT2D eigenvalue weighted by atomic mass is 10.2. The van der Waals surface area contributed by atoms with Crippen molar-refractivity contribution in [1.29, 1.82) is 0 Å². The molecule has 1 N–H and O–H groups in total. The SMILES string of the molecule is Cc1ccc(C(=O)NCc2ccnc(N3CCN(C)CC3)c2)s1. The second-order valence-corrected chi connectivity index (χ2v) is 7.19. The highest BCUT2D eigenvalue weighted by molar-refractivity contribution is 7.13. The van der Waals surface area contributed by atoms with Gasteiger partial charge in [0, 0.05) is 43.8 Å². The van der Waals surface area contributed by atoms with E-state index in [1.165, 1.54) is 11.3 Å². The summed E-state index contributed by atoms with van der Waals surface area (Å²) in [7, 11) is 2.14. The summed E-state index contributed by atoms with van der Waals surface area (Å²) in [6.07, 6.45) is 1.82. The lowest BCUT2D eigenvalue weighted by molar-refractivity contribution is 0.0955. The minimum Gasteiger partial charge on any atom is -0.354 e.